The third-order valence-electron chi connectivity index (χ3n) is 4.01. The van der Waals surface area contributed by atoms with Gasteiger partial charge in [0.25, 0.3) is 0 Å². The summed E-state index contributed by atoms with van der Waals surface area (Å²) in [7, 11) is 0. The van der Waals surface area contributed by atoms with E-state index in [0.29, 0.717) is 11.3 Å². The Balaban J connectivity index is 2.33. The van der Waals surface area contributed by atoms with Crippen molar-refractivity contribution in [2.75, 3.05) is 12.3 Å². The minimum atomic E-state index is -0.150. The van der Waals surface area contributed by atoms with E-state index in [1.807, 2.05) is 30.8 Å². The molecule has 19 heavy (non-hydrogen) atoms. The zero-order chi connectivity index (χ0) is 14.0. The standard InChI is InChI=1S/C15H23FN2S/c1-10(17)15(13-6-4-5-7-14(13)16)18-8-9-19-12(3)11(18)2/h4-7,10-12,15H,8-9,17H2,1-3H3. The summed E-state index contributed by atoms with van der Waals surface area (Å²) < 4.78 is 14.1. The van der Waals surface area contributed by atoms with Crippen molar-refractivity contribution >= 4 is 11.8 Å². The molecule has 4 unspecified atom stereocenters. The zero-order valence-corrected chi connectivity index (χ0v) is 12.7. The van der Waals surface area contributed by atoms with Gasteiger partial charge in [-0.2, -0.15) is 11.8 Å². The van der Waals surface area contributed by atoms with E-state index in [4.69, 9.17) is 5.73 Å². The summed E-state index contributed by atoms with van der Waals surface area (Å²) >= 11 is 1.98. The molecule has 1 aliphatic rings. The summed E-state index contributed by atoms with van der Waals surface area (Å²) in [5.74, 6) is 0.936. The molecular weight excluding hydrogens is 259 g/mol. The predicted molar refractivity (Wildman–Crippen MR) is 80.9 cm³/mol. The van der Waals surface area contributed by atoms with Crippen LogP contribution in [0.25, 0.3) is 0 Å². The van der Waals surface area contributed by atoms with Crippen LogP contribution in [0, 0.1) is 5.82 Å². The molecule has 1 aromatic rings. The third kappa shape index (κ3) is 3.12. The van der Waals surface area contributed by atoms with Crippen LogP contribution < -0.4 is 5.73 Å². The molecule has 4 atom stereocenters. The highest BCUT2D eigenvalue weighted by Gasteiger charge is 2.34. The molecule has 0 amide bonds. The van der Waals surface area contributed by atoms with Gasteiger partial charge >= 0.3 is 0 Å². The van der Waals surface area contributed by atoms with Gasteiger partial charge in [0.05, 0.1) is 6.04 Å². The topological polar surface area (TPSA) is 29.3 Å². The van der Waals surface area contributed by atoms with Gasteiger partial charge in [0, 0.05) is 35.2 Å². The zero-order valence-electron chi connectivity index (χ0n) is 11.8. The first-order valence-corrected chi connectivity index (χ1v) is 7.94. The third-order valence-corrected chi connectivity index (χ3v) is 5.35. The summed E-state index contributed by atoms with van der Waals surface area (Å²) in [6.45, 7) is 7.39. The molecule has 0 aliphatic carbocycles. The maximum atomic E-state index is 14.1. The number of hydrogen-bond acceptors (Lipinski definition) is 3. The highest BCUT2D eigenvalue weighted by Crippen LogP contribution is 2.34. The molecule has 1 aliphatic heterocycles. The molecule has 106 valence electrons. The minimum absolute atomic E-state index is 0.0421. The molecule has 1 fully saturated rings. The molecule has 0 aromatic heterocycles. The molecule has 0 bridgehead atoms. The molecule has 1 aromatic carbocycles. The van der Waals surface area contributed by atoms with E-state index in [-0.39, 0.29) is 17.9 Å². The van der Waals surface area contributed by atoms with Crippen LogP contribution in [-0.2, 0) is 0 Å². The molecule has 1 saturated heterocycles. The van der Waals surface area contributed by atoms with E-state index in [2.05, 4.69) is 18.7 Å². The quantitative estimate of drug-likeness (QED) is 0.924. The van der Waals surface area contributed by atoms with Crippen LogP contribution in [0.2, 0.25) is 0 Å². The average Bonchev–Trinajstić information content (AvgIpc) is 2.37. The molecule has 2 N–H and O–H groups in total. The fourth-order valence-electron chi connectivity index (χ4n) is 2.83. The van der Waals surface area contributed by atoms with Gasteiger partial charge in [-0.25, -0.2) is 4.39 Å². The van der Waals surface area contributed by atoms with Crippen molar-refractivity contribution in [1.82, 2.24) is 4.90 Å². The van der Waals surface area contributed by atoms with Crippen molar-refractivity contribution < 1.29 is 4.39 Å². The van der Waals surface area contributed by atoms with Gasteiger partial charge in [-0.3, -0.25) is 4.90 Å². The Bertz CT molecular complexity index is 424. The van der Waals surface area contributed by atoms with Gasteiger partial charge in [0.15, 0.2) is 0 Å². The van der Waals surface area contributed by atoms with Crippen molar-refractivity contribution in [1.29, 1.82) is 0 Å². The summed E-state index contributed by atoms with van der Waals surface area (Å²) in [6.07, 6.45) is 0. The molecular formula is C15H23FN2S. The number of nitrogens with two attached hydrogens (primary N) is 1. The van der Waals surface area contributed by atoms with Crippen molar-refractivity contribution in [3.05, 3.63) is 35.6 Å². The van der Waals surface area contributed by atoms with Crippen LogP contribution in [-0.4, -0.2) is 34.5 Å². The monoisotopic (exact) mass is 282 g/mol. The van der Waals surface area contributed by atoms with Crippen molar-refractivity contribution in [2.45, 2.75) is 44.1 Å². The smallest absolute Gasteiger partial charge is 0.128 e. The van der Waals surface area contributed by atoms with Crippen molar-refractivity contribution in [3.8, 4) is 0 Å². The van der Waals surface area contributed by atoms with Crippen LogP contribution in [0.1, 0.15) is 32.4 Å². The molecule has 1 heterocycles. The number of benzene rings is 1. The van der Waals surface area contributed by atoms with Gasteiger partial charge in [-0.1, -0.05) is 25.1 Å². The van der Waals surface area contributed by atoms with Crippen LogP contribution >= 0.6 is 11.8 Å². The lowest BCUT2D eigenvalue weighted by molar-refractivity contribution is 0.127. The maximum Gasteiger partial charge on any atom is 0.128 e. The second kappa shape index (κ2) is 6.25. The molecule has 0 radical (unpaired) electrons. The average molecular weight is 282 g/mol. The summed E-state index contributed by atoms with van der Waals surface area (Å²) in [5.41, 5.74) is 6.89. The Kier molecular flexibility index (Phi) is 4.87. The van der Waals surface area contributed by atoms with Crippen molar-refractivity contribution in [2.24, 2.45) is 5.73 Å². The number of hydrogen-bond donors (Lipinski definition) is 1. The lowest BCUT2D eigenvalue weighted by Crippen LogP contribution is -2.51. The molecule has 2 nitrogen and oxygen atoms in total. The number of halogens is 1. The Labute approximate surface area is 119 Å². The maximum absolute atomic E-state index is 14.1. The summed E-state index contributed by atoms with van der Waals surface area (Å²) in [4.78, 5) is 2.37. The van der Waals surface area contributed by atoms with Gasteiger partial charge in [-0.15, -0.1) is 0 Å². The van der Waals surface area contributed by atoms with E-state index in [9.17, 15) is 4.39 Å². The van der Waals surface area contributed by atoms with Crippen LogP contribution in [0.5, 0.6) is 0 Å². The Morgan fingerprint density at radius 2 is 2.05 bits per heavy atom. The lowest BCUT2D eigenvalue weighted by atomic mass is 9.96. The van der Waals surface area contributed by atoms with E-state index in [1.165, 1.54) is 6.07 Å². The van der Waals surface area contributed by atoms with E-state index < -0.39 is 0 Å². The van der Waals surface area contributed by atoms with Gasteiger partial charge in [0.1, 0.15) is 5.82 Å². The molecule has 4 heteroatoms. The summed E-state index contributed by atoms with van der Waals surface area (Å²) in [6, 6.07) is 7.29. The highest BCUT2D eigenvalue weighted by molar-refractivity contribution is 8.00. The fraction of sp³-hybridized carbons (Fsp3) is 0.600. The Morgan fingerprint density at radius 1 is 1.37 bits per heavy atom. The largest absolute Gasteiger partial charge is 0.326 e. The van der Waals surface area contributed by atoms with Gasteiger partial charge in [0.2, 0.25) is 0 Å². The van der Waals surface area contributed by atoms with Crippen LogP contribution in [0.4, 0.5) is 4.39 Å². The minimum Gasteiger partial charge on any atom is -0.326 e. The predicted octanol–water partition coefficient (Wildman–Crippen LogP) is 3.04. The molecule has 2 rings (SSSR count). The molecule has 0 saturated carbocycles. The molecule has 0 spiro atoms. The van der Waals surface area contributed by atoms with E-state index in [1.54, 1.807) is 6.07 Å². The normalized spacial score (nSPS) is 28.1. The fourth-order valence-corrected chi connectivity index (χ4v) is 3.95. The van der Waals surface area contributed by atoms with Crippen LogP contribution in [0.3, 0.4) is 0 Å². The van der Waals surface area contributed by atoms with Gasteiger partial charge < -0.3 is 5.73 Å². The van der Waals surface area contributed by atoms with Crippen molar-refractivity contribution in [3.63, 3.8) is 0 Å². The number of thioether (sulfide) groups is 1. The number of nitrogens with zero attached hydrogens (tertiary/aromatic N) is 1. The van der Waals surface area contributed by atoms with Crippen LogP contribution in [0.15, 0.2) is 24.3 Å². The van der Waals surface area contributed by atoms with Gasteiger partial charge in [-0.05, 0) is 19.9 Å². The second-order valence-corrected chi connectivity index (χ2v) is 6.86. The van der Waals surface area contributed by atoms with E-state index in [0.717, 1.165) is 17.9 Å². The lowest BCUT2D eigenvalue weighted by Gasteiger charge is -2.44. The Hall–Kier alpha value is -0.580. The first-order chi connectivity index (χ1) is 9.02. The first-order valence-electron chi connectivity index (χ1n) is 6.89. The SMILES string of the molecule is CC(N)C(c1ccccc1F)N1CCSC(C)C1C. The Morgan fingerprint density at radius 3 is 2.68 bits per heavy atom. The van der Waals surface area contributed by atoms with E-state index >= 15 is 0 Å². The number of rotatable bonds is 3. The second-order valence-electron chi connectivity index (χ2n) is 5.38. The first kappa shape index (κ1) is 14.8. The highest BCUT2D eigenvalue weighted by atomic mass is 32.2. The summed E-state index contributed by atoms with van der Waals surface area (Å²) in [5, 5.41) is 0.557.